The number of Topliss-reactive ketones (excluding diaryl/α,β-unsaturated/α-hetero) is 1. The Morgan fingerprint density at radius 2 is 1.77 bits per heavy atom. The van der Waals surface area contributed by atoms with Crippen molar-refractivity contribution in [2.75, 3.05) is 13.7 Å². The first-order valence-corrected chi connectivity index (χ1v) is 11.7. The lowest BCUT2D eigenvalue weighted by Crippen LogP contribution is -2.55. The van der Waals surface area contributed by atoms with Crippen LogP contribution in [0.4, 0.5) is 0 Å². The second-order valence-corrected chi connectivity index (χ2v) is 10.2. The largest absolute Gasteiger partial charge is 0.495 e. The Hall–Kier alpha value is -2.46. The van der Waals surface area contributed by atoms with Crippen LogP contribution in [0.15, 0.2) is 29.2 Å². The van der Waals surface area contributed by atoms with E-state index in [1.165, 1.54) is 25.3 Å². The summed E-state index contributed by atoms with van der Waals surface area (Å²) in [7, 11) is -2.94. The number of ketones is 1. The van der Waals surface area contributed by atoms with Crippen molar-refractivity contribution in [2.24, 2.45) is 34.3 Å². The summed E-state index contributed by atoms with van der Waals surface area (Å²) in [6.07, 6.45) is 0.0861. The van der Waals surface area contributed by atoms with Crippen LogP contribution in [0.25, 0.3) is 0 Å². The maximum atomic E-state index is 13.9. The van der Waals surface area contributed by atoms with Gasteiger partial charge in [-0.2, -0.15) is 0 Å². The van der Waals surface area contributed by atoms with E-state index in [-0.39, 0.29) is 23.5 Å². The van der Waals surface area contributed by atoms with E-state index in [4.69, 9.17) is 10.5 Å². The third-order valence-corrected chi connectivity index (χ3v) is 9.72. The van der Waals surface area contributed by atoms with Crippen LogP contribution in [0, 0.1) is 28.6 Å². The number of aliphatic carboxylic acids is 2. The number of hydrogen-bond acceptors (Lipinski definition) is 7. The van der Waals surface area contributed by atoms with Crippen molar-refractivity contribution >= 4 is 27.6 Å². The van der Waals surface area contributed by atoms with E-state index in [9.17, 15) is 33.0 Å². The molecule has 31 heavy (non-hydrogen) atoms. The van der Waals surface area contributed by atoms with Crippen LogP contribution < -0.4 is 10.5 Å². The van der Waals surface area contributed by atoms with Crippen LogP contribution in [0.1, 0.15) is 26.7 Å². The summed E-state index contributed by atoms with van der Waals surface area (Å²) in [6, 6.07) is 5.91. The molecule has 0 radical (unpaired) electrons. The molecule has 0 aliphatic heterocycles. The van der Waals surface area contributed by atoms with Crippen LogP contribution in [0.3, 0.4) is 0 Å². The lowest BCUT2D eigenvalue weighted by atomic mass is 9.61. The molecule has 3 rings (SSSR count). The molecule has 4 N–H and O–H groups in total. The number of carbonyl (C=O) groups is 3. The topological polar surface area (TPSA) is 161 Å². The highest BCUT2D eigenvalue weighted by atomic mass is 32.2. The standard InChI is InChI=1S/C21H27NO8S/c1-4-11-17(31(28,29)13-9-7-6-8-12(13)30-3)15-16(18(24)25)20(15,5-2)21(11,19(26)27)14(23)10-22/h6-9,11,15-17H,4-5,10,22H2,1-3H3,(H,24,25)(H,26,27). The number of fused-ring (bicyclic) bond motifs is 1. The average Bonchev–Trinajstić information content (AvgIpc) is 3.34. The van der Waals surface area contributed by atoms with E-state index < -0.39 is 67.9 Å². The van der Waals surface area contributed by atoms with Crippen molar-refractivity contribution in [1.82, 2.24) is 0 Å². The van der Waals surface area contributed by atoms with Crippen molar-refractivity contribution in [3.63, 3.8) is 0 Å². The van der Waals surface area contributed by atoms with E-state index in [2.05, 4.69) is 0 Å². The van der Waals surface area contributed by atoms with Crippen molar-refractivity contribution in [3.05, 3.63) is 24.3 Å². The van der Waals surface area contributed by atoms with Gasteiger partial charge in [-0.15, -0.1) is 0 Å². The molecule has 2 fully saturated rings. The Kier molecular flexibility index (Phi) is 5.69. The molecule has 0 heterocycles. The molecule has 2 aliphatic rings. The molecular formula is C21H27NO8S. The second kappa shape index (κ2) is 7.59. The van der Waals surface area contributed by atoms with Gasteiger partial charge in [-0.05, 0) is 30.4 Å². The Labute approximate surface area is 180 Å². The smallest absolute Gasteiger partial charge is 0.318 e. The van der Waals surface area contributed by atoms with Gasteiger partial charge in [0.2, 0.25) is 0 Å². The maximum absolute atomic E-state index is 13.9. The summed E-state index contributed by atoms with van der Waals surface area (Å²) in [5.41, 5.74) is 1.87. The van der Waals surface area contributed by atoms with E-state index in [1.807, 2.05) is 0 Å². The number of carboxylic acid groups (broad SMARTS) is 2. The quantitative estimate of drug-likeness (QED) is 0.467. The van der Waals surface area contributed by atoms with Crippen LogP contribution in [0.2, 0.25) is 0 Å². The predicted molar refractivity (Wildman–Crippen MR) is 109 cm³/mol. The van der Waals surface area contributed by atoms with E-state index in [0.29, 0.717) is 0 Å². The molecule has 0 bridgehead atoms. The summed E-state index contributed by atoms with van der Waals surface area (Å²) in [4.78, 5) is 37.8. The lowest BCUT2D eigenvalue weighted by molar-refractivity contribution is -0.165. The minimum absolute atomic E-state index is 0.0289. The molecule has 1 aromatic rings. The first-order valence-electron chi connectivity index (χ1n) is 10.1. The van der Waals surface area contributed by atoms with Gasteiger partial charge in [0, 0.05) is 5.41 Å². The Morgan fingerprint density at radius 1 is 1.16 bits per heavy atom. The number of ether oxygens (including phenoxy) is 1. The minimum Gasteiger partial charge on any atom is -0.495 e. The highest BCUT2D eigenvalue weighted by molar-refractivity contribution is 7.92. The fourth-order valence-corrected chi connectivity index (χ4v) is 9.07. The molecular weight excluding hydrogens is 426 g/mol. The van der Waals surface area contributed by atoms with Gasteiger partial charge in [0.05, 0.1) is 24.8 Å². The Bertz CT molecular complexity index is 1040. The molecule has 6 atom stereocenters. The van der Waals surface area contributed by atoms with E-state index in [1.54, 1.807) is 19.9 Å². The second-order valence-electron chi connectivity index (χ2n) is 8.15. The summed E-state index contributed by atoms with van der Waals surface area (Å²) in [5.74, 6) is -7.01. The molecule has 0 saturated heterocycles. The van der Waals surface area contributed by atoms with Gasteiger partial charge in [-0.3, -0.25) is 14.4 Å². The number of carbonyl (C=O) groups excluding carboxylic acids is 1. The Morgan fingerprint density at radius 3 is 2.23 bits per heavy atom. The van der Waals surface area contributed by atoms with Gasteiger partial charge in [0.15, 0.2) is 15.6 Å². The summed E-state index contributed by atoms with van der Waals surface area (Å²) < 4.78 is 32.9. The zero-order valence-corrected chi connectivity index (χ0v) is 18.4. The van der Waals surface area contributed by atoms with Crippen LogP contribution >= 0.6 is 0 Å². The third kappa shape index (κ3) is 2.64. The van der Waals surface area contributed by atoms with Crippen LogP contribution in [0.5, 0.6) is 5.75 Å². The number of hydrogen-bond donors (Lipinski definition) is 3. The molecule has 9 nitrogen and oxygen atoms in total. The zero-order valence-electron chi connectivity index (χ0n) is 17.6. The Balaban J connectivity index is 2.36. The van der Waals surface area contributed by atoms with Crippen molar-refractivity contribution in [1.29, 1.82) is 0 Å². The zero-order chi connectivity index (χ0) is 23.4. The predicted octanol–water partition coefficient (Wildman–Crippen LogP) is 1.20. The number of methoxy groups -OCH3 is 1. The van der Waals surface area contributed by atoms with Gasteiger partial charge in [0.1, 0.15) is 16.1 Å². The van der Waals surface area contributed by atoms with Gasteiger partial charge in [-0.1, -0.05) is 32.4 Å². The fraction of sp³-hybridized carbons (Fsp3) is 0.571. The molecule has 2 aliphatic carbocycles. The first-order chi connectivity index (χ1) is 14.5. The SMILES string of the molecule is CCC1C(S(=O)(=O)c2ccccc2OC)C2C(C(=O)O)C2(CC)C1(C(=O)O)C(=O)CN. The third-order valence-electron chi connectivity index (χ3n) is 7.43. The molecule has 1 aromatic carbocycles. The van der Waals surface area contributed by atoms with Gasteiger partial charge >= 0.3 is 11.9 Å². The van der Waals surface area contributed by atoms with Gasteiger partial charge in [-0.25, -0.2) is 8.42 Å². The monoisotopic (exact) mass is 453 g/mol. The van der Waals surface area contributed by atoms with Crippen molar-refractivity contribution in [2.45, 2.75) is 36.8 Å². The highest BCUT2D eigenvalue weighted by Gasteiger charge is 2.90. The normalized spacial score (nSPS) is 34.1. The number of sulfone groups is 1. The summed E-state index contributed by atoms with van der Waals surface area (Å²) in [5, 5.41) is 18.8. The van der Waals surface area contributed by atoms with Crippen LogP contribution in [-0.2, 0) is 24.2 Å². The van der Waals surface area contributed by atoms with Gasteiger partial charge < -0.3 is 20.7 Å². The molecule has 0 amide bonds. The average molecular weight is 454 g/mol. The first kappa shape index (κ1) is 23.2. The van der Waals surface area contributed by atoms with E-state index >= 15 is 0 Å². The van der Waals surface area contributed by atoms with Gasteiger partial charge in [0.25, 0.3) is 0 Å². The summed E-state index contributed by atoms with van der Waals surface area (Å²) in [6.45, 7) is 2.59. The van der Waals surface area contributed by atoms with Crippen molar-refractivity contribution < 1.29 is 37.8 Å². The molecule has 170 valence electrons. The molecule has 10 heteroatoms. The molecule has 6 unspecified atom stereocenters. The highest BCUT2D eigenvalue weighted by Crippen LogP contribution is 2.81. The summed E-state index contributed by atoms with van der Waals surface area (Å²) >= 11 is 0. The fourth-order valence-electron chi connectivity index (χ4n) is 6.46. The van der Waals surface area contributed by atoms with Crippen LogP contribution in [-0.4, -0.2) is 55.3 Å². The number of rotatable bonds is 9. The molecule has 0 aromatic heterocycles. The number of benzene rings is 1. The van der Waals surface area contributed by atoms with E-state index in [0.717, 1.165) is 0 Å². The number of carboxylic acids is 2. The lowest BCUT2D eigenvalue weighted by Gasteiger charge is -2.40. The maximum Gasteiger partial charge on any atom is 0.318 e. The molecule has 0 spiro atoms. The number of para-hydroxylation sites is 1. The number of nitrogens with two attached hydrogens (primary N) is 1. The minimum atomic E-state index is -4.26. The molecule has 2 saturated carbocycles. The van der Waals surface area contributed by atoms with Crippen molar-refractivity contribution in [3.8, 4) is 5.75 Å².